The third kappa shape index (κ3) is 3.46. The van der Waals surface area contributed by atoms with Gasteiger partial charge in [-0.2, -0.15) is 0 Å². The number of hydrogen-bond acceptors (Lipinski definition) is 4. The maximum atomic E-state index is 12.9. The molecule has 0 saturated heterocycles. The second kappa shape index (κ2) is 6.20. The molecule has 22 heavy (non-hydrogen) atoms. The minimum Gasteiger partial charge on any atom is -0.258 e. The molecule has 8 heteroatoms. The van der Waals surface area contributed by atoms with Gasteiger partial charge in [-0.25, -0.2) is 17.5 Å². The zero-order valence-corrected chi connectivity index (χ0v) is 12.4. The fourth-order valence-electron chi connectivity index (χ4n) is 1.95. The van der Waals surface area contributed by atoms with E-state index in [2.05, 4.69) is 4.72 Å². The van der Waals surface area contributed by atoms with E-state index in [1.807, 2.05) is 0 Å². The van der Waals surface area contributed by atoms with Crippen molar-refractivity contribution < 1.29 is 17.7 Å². The van der Waals surface area contributed by atoms with Gasteiger partial charge in [-0.05, 0) is 30.7 Å². The van der Waals surface area contributed by atoms with Crippen molar-refractivity contribution in [3.8, 4) is 0 Å². The molecule has 2 rings (SSSR count). The zero-order valence-electron chi connectivity index (χ0n) is 11.6. The van der Waals surface area contributed by atoms with E-state index in [9.17, 15) is 22.9 Å². The Bertz CT molecular complexity index is 791. The number of para-hydroxylation sites is 1. The zero-order chi connectivity index (χ0) is 16.3. The van der Waals surface area contributed by atoms with Crippen molar-refractivity contribution in [2.75, 3.05) is 0 Å². The van der Waals surface area contributed by atoms with Crippen molar-refractivity contribution in [1.82, 2.24) is 4.72 Å². The summed E-state index contributed by atoms with van der Waals surface area (Å²) in [6.45, 7) is 1.57. The number of nitro benzene ring substituents is 1. The first-order valence-corrected chi connectivity index (χ1v) is 7.81. The molecule has 116 valence electrons. The van der Waals surface area contributed by atoms with Crippen molar-refractivity contribution in [2.45, 2.75) is 17.9 Å². The van der Waals surface area contributed by atoms with Gasteiger partial charge in [0.25, 0.3) is 5.69 Å². The predicted molar refractivity (Wildman–Crippen MR) is 78.2 cm³/mol. The Morgan fingerprint density at radius 3 is 2.32 bits per heavy atom. The molecule has 0 aliphatic rings. The highest BCUT2D eigenvalue weighted by molar-refractivity contribution is 7.89. The van der Waals surface area contributed by atoms with Gasteiger partial charge in [0.1, 0.15) is 5.82 Å². The third-order valence-electron chi connectivity index (χ3n) is 3.05. The minimum atomic E-state index is -4.08. The second-order valence-electron chi connectivity index (χ2n) is 4.62. The number of sulfonamides is 1. The number of benzene rings is 2. The van der Waals surface area contributed by atoms with Crippen LogP contribution in [-0.2, 0) is 10.0 Å². The molecule has 6 nitrogen and oxygen atoms in total. The summed E-state index contributed by atoms with van der Waals surface area (Å²) in [7, 11) is -4.08. The molecular formula is C14H13FN2O4S. The molecule has 0 heterocycles. The Hall–Kier alpha value is -2.32. The van der Waals surface area contributed by atoms with Gasteiger partial charge in [-0.1, -0.05) is 24.3 Å². The molecule has 0 amide bonds. The molecule has 0 radical (unpaired) electrons. The lowest BCUT2D eigenvalue weighted by molar-refractivity contribution is -0.387. The van der Waals surface area contributed by atoms with Crippen molar-refractivity contribution in [1.29, 1.82) is 0 Å². The average molecular weight is 324 g/mol. The van der Waals surface area contributed by atoms with Crippen LogP contribution < -0.4 is 4.72 Å². The quantitative estimate of drug-likeness (QED) is 0.676. The molecule has 0 aliphatic carbocycles. The van der Waals surface area contributed by atoms with E-state index >= 15 is 0 Å². The first-order valence-electron chi connectivity index (χ1n) is 6.32. The Kier molecular flexibility index (Phi) is 4.53. The van der Waals surface area contributed by atoms with Crippen molar-refractivity contribution >= 4 is 15.7 Å². The van der Waals surface area contributed by atoms with Gasteiger partial charge < -0.3 is 0 Å². The number of halogens is 1. The molecule has 0 aromatic heterocycles. The SMILES string of the molecule is C[C@H](NS(=O)(=O)c1ccccc1[N+](=O)[O-])c1ccc(F)cc1. The van der Waals surface area contributed by atoms with E-state index in [0.717, 1.165) is 12.1 Å². The van der Waals surface area contributed by atoms with Gasteiger partial charge in [0.15, 0.2) is 4.90 Å². The van der Waals surface area contributed by atoms with Crippen molar-refractivity contribution in [3.63, 3.8) is 0 Å². The van der Waals surface area contributed by atoms with Crippen LogP contribution in [0, 0.1) is 15.9 Å². The molecule has 0 fully saturated rings. The summed E-state index contributed by atoms with van der Waals surface area (Å²) in [5, 5.41) is 10.9. The van der Waals surface area contributed by atoms with Crippen LogP contribution in [0.1, 0.15) is 18.5 Å². The van der Waals surface area contributed by atoms with Gasteiger partial charge in [-0.15, -0.1) is 0 Å². The molecule has 1 atom stereocenters. The second-order valence-corrected chi connectivity index (χ2v) is 6.30. The van der Waals surface area contributed by atoms with Crippen LogP contribution in [-0.4, -0.2) is 13.3 Å². The normalized spacial score (nSPS) is 12.8. The standard InChI is InChI=1S/C14H13FN2O4S/c1-10(11-6-8-12(15)9-7-11)16-22(20,21)14-5-3-2-4-13(14)17(18)19/h2-10,16H,1H3/t10-/m0/s1. The van der Waals surface area contributed by atoms with E-state index in [0.29, 0.717) is 5.56 Å². The Morgan fingerprint density at radius 2 is 1.73 bits per heavy atom. The number of nitro groups is 1. The molecule has 0 unspecified atom stereocenters. The van der Waals surface area contributed by atoms with Gasteiger partial charge in [0.05, 0.1) is 4.92 Å². The van der Waals surface area contributed by atoms with Crippen LogP contribution in [0.5, 0.6) is 0 Å². The molecular weight excluding hydrogens is 311 g/mol. The molecule has 0 saturated carbocycles. The third-order valence-corrected chi connectivity index (χ3v) is 4.64. The molecule has 1 N–H and O–H groups in total. The number of nitrogens with one attached hydrogen (secondary N) is 1. The maximum absolute atomic E-state index is 12.9. The summed E-state index contributed by atoms with van der Waals surface area (Å²) >= 11 is 0. The van der Waals surface area contributed by atoms with Gasteiger partial charge in [0.2, 0.25) is 10.0 Å². The lowest BCUT2D eigenvalue weighted by atomic mass is 10.1. The first kappa shape index (κ1) is 16.1. The lowest BCUT2D eigenvalue weighted by Gasteiger charge is -2.14. The summed E-state index contributed by atoms with van der Waals surface area (Å²) in [4.78, 5) is 9.77. The van der Waals surface area contributed by atoms with Crippen LogP contribution in [0.15, 0.2) is 53.4 Å². The highest BCUT2D eigenvalue weighted by Gasteiger charge is 2.26. The Morgan fingerprint density at radius 1 is 1.14 bits per heavy atom. The highest BCUT2D eigenvalue weighted by Crippen LogP contribution is 2.24. The van der Waals surface area contributed by atoms with Gasteiger partial charge in [0, 0.05) is 12.1 Å². The number of nitrogens with zero attached hydrogens (tertiary/aromatic N) is 1. The number of hydrogen-bond donors (Lipinski definition) is 1. The van der Waals surface area contributed by atoms with Gasteiger partial charge >= 0.3 is 0 Å². The summed E-state index contributed by atoms with van der Waals surface area (Å²) < 4.78 is 39.9. The van der Waals surface area contributed by atoms with Crippen LogP contribution in [0.2, 0.25) is 0 Å². The van der Waals surface area contributed by atoms with E-state index in [1.165, 1.54) is 36.4 Å². The highest BCUT2D eigenvalue weighted by atomic mass is 32.2. The van der Waals surface area contributed by atoms with E-state index in [1.54, 1.807) is 6.92 Å². The van der Waals surface area contributed by atoms with Crippen LogP contribution >= 0.6 is 0 Å². The van der Waals surface area contributed by atoms with Crippen molar-refractivity contribution in [2.24, 2.45) is 0 Å². The first-order chi connectivity index (χ1) is 10.3. The van der Waals surface area contributed by atoms with Crippen molar-refractivity contribution in [3.05, 3.63) is 70.0 Å². The summed E-state index contributed by atoms with van der Waals surface area (Å²) in [5.74, 6) is -0.433. The summed E-state index contributed by atoms with van der Waals surface area (Å²) in [6, 6.07) is 9.74. The summed E-state index contributed by atoms with van der Waals surface area (Å²) in [5.41, 5.74) is 0.0462. The lowest BCUT2D eigenvalue weighted by Crippen LogP contribution is -2.27. The molecule has 2 aromatic rings. The van der Waals surface area contributed by atoms with Crippen LogP contribution in [0.4, 0.5) is 10.1 Å². The molecule has 0 bridgehead atoms. The Labute approximate surface area is 126 Å². The van der Waals surface area contributed by atoms with E-state index in [-0.39, 0.29) is 0 Å². The average Bonchev–Trinajstić information content (AvgIpc) is 2.47. The Balaban J connectivity index is 2.32. The van der Waals surface area contributed by atoms with Crippen LogP contribution in [0.25, 0.3) is 0 Å². The van der Waals surface area contributed by atoms with E-state index in [4.69, 9.17) is 0 Å². The van der Waals surface area contributed by atoms with Gasteiger partial charge in [-0.3, -0.25) is 10.1 Å². The monoisotopic (exact) mass is 324 g/mol. The fraction of sp³-hybridized carbons (Fsp3) is 0.143. The smallest absolute Gasteiger partial charge is 0.258 e. The predicted octanol–water partition coefficient (Wildman–Crippen LogP) is 2.77. The maximum Gasteiger partial charge on any atom is 0.289 e. The fourth-order valence-corrected chi connectivity index (χ4v) is 3.36. The van der Waals surface area contributed by atoms with E-state index < -0.39 is 37.4 Å². The topological polar surface area (TPSA) is 89.3 Å². The largest absolute Gasteiger partial charge is 0.289 e. The molecule has 0 spiro atoms. The van der Waals surface area contributed by atoms with Crippen LogP contribution in [0.3, 0.4) is 0 Å². The molecule has 0 aliphatic heterocycles. The number of rotatable bonds is 5. The summed E-state index contributed by atoms with van der Waals surface area (Å²) in [6.07, 6.45) is 0. The minimum absolute atomic E-state index is 0.408. The molecule has 2 aromatic carbocycles.